The molecule has 4 rings (SSSR count). The van der Waals surface area contributed by atoms with Crippen molar-refractivity contribution < 1.29 is 9.53 Å². The summed E-state index contributed by atoms with van der Waals surface area (Å²) in [6, 6.07) is 17.5. The number of anilines is 1. The molecule has 1 atom stereocenters. The van der Waals surface area contributed by atoms with Crippen molar-refractivity contribution in [3.63, 3.8) is 0 Å². The van der Waals surface area contributed by atoms with Crippen LogP contribution in [0.25, 0.3) is 11.3 Å². The number of H-pyrrole nitrogens is 1. The number of amides is 1. The van der Waals surface area contributed by atoms with Crippen LogP contribution in [0, 0.1) is 0 Å². The van der Waals surface area contributed by atoms with Crippen LogP contribution < -0.4 is 15.0 Å². The average molecular weight is 455 g/mol. The number of methoxy groups -OCH3 is 1. The molecule has 0 spiro atoms. The largest absolute Gasteiger partial charge is 0.497 e. The summed E-state index contributed by atoms with van der Waals surface area (Å²) in [6.45, 7) is 1.66. The van der Waals surface area contributed by atoms with E-state index in [-0.39, 0.29) is 11.9 Å². The van der Waals surface area contributed by atoms with Crippen LogP contribution >= 0.6 is 15.9 Å². The molecule has 7 heteroatoms. The highest BCUT2D eigenvalue weighted by atomic mass is 79.9. The molecule has 1 aliphatic rings. The second kappa shape index (κ2) is 8.69. The zero-order valence-electron chi connectivity index (χ0n) is 16.2. The van der Waals surface area contributed by atoms with E-state index in [1.165, 1.54) is 0 Å². The van der Waals surface area contributed by atoms with Gasteiger partial charge in [-0.25, -0.2) is 0 Å². The van der Waals surface area contributed by atoms with Crippen molar-refractivity contribution in [2.75, 3.05) is 25.1 Å². The Kier molecular flexibility index (Phi) is 5.85. The van der Waals surface area contributed by atoms with E-state index >= 15 is 0 Å². The molecule has 1 amide bonds. The lowest BCUT2D eigenvalue weighted by atomic mass is 10.0. The van der Waals surface area contributed by atoms with Crippen LogP contribution in [0.4, 0.5) is 5.82 Å². The molecule has 1 aliphatic heterocycles. The van der Waals surface area contributed by atoms with Crippen LogP contribution in [0.1, 0.15) is 23.2 Å². The van der Waals surface area contributed by atoms with Gasteiger partial charge in [-0.15, -0.1) is 0 Å². The number of halogens is 1. The third-order valence-corrected chi connectivity index (χ3v) is 5.86. The van der Waals surface area contributed by atoms with E-state index in [0.717, 1.165) is 53.2 Å². The summed E-state index contributed by atoms with van der Waals surface area (Å²) in [5.74, 6) is 1.68. The van der Waals surface area contributed by atoms with E-state index in [9.17, 15) is 4.79 Å². The zero-order valence-corrected chi connectivity index (χ0v) is 17.8. The maximum Gasteiger partial charge on any atom is 0.252 e. The number of benzene rings is 2. The first-order chi connectivity index (χ1) is 14.1. The molecule has 0 saturated carbocycles. The van der Waals surface area contributed by atoms with Gasteiger partial charge in [0.2, 0.25) is 0 Å². The molecule has 1 aromatic heterocycles. The fourth-order valence-electron chi connectivity index (χ4n) is 3.60. The summed E-state index contributed by atoms with van der Waals surface area (Å²) in [5, 5.41) is 10.8. The fraction of sp³-hybridized carbons (Fsp3) is 0.273. The molecule has 0 radical (unpaired) electrons. The summed E-state index contributed by atoms with van der Waals surface area (Å²) < 4.78 is 6.02. The minimum Gasteiger partial charge on any atom is -0.497 e. The number of rotatable bonds is 5. The van der Waals surface area contributed by atoms with Gasteiger partial charge in [0, 0.05) is 29.7 Å². The van der Waals surface area contributed by atoms with Crippen molar-refractivity contribution in [3.8, 4) is 17.0 Å². The van der Waals surface area contributed by atoms with Crippen LogP contribution in [-0.2, 0) is 0 Å². The smallest absolute Gasteiger partial charge is 0.252 e. The van der Waals surface area contributed by atoms with Crippen molar-refractivity contribution in [2.24, 2.45) is 0 Å². The standard InChI is InChI=1S/C22H23BrN4O2/c1-29-17-10-8-15(9-11-17)20-13-21(26-25-20)27-12-4-5-16(14-27)24-22(28)18-6-2-3-7-19(18)23/h2-3,6-11,13,16H,4-5,12,14H2,1H3,(H,24,28)(H,25,26)/t16-/m1/s1. The van der Waals surface area contributed by atoms with Gasteiger partial charge in [0.1, 0.15) is 5.75 Å². The normalized spacial score (nSPS) is 16.5. The second-order valence-electron chi connectivity index (χ2n) is 7.11. The monoisotopic (exact) mass is 454 g/mol. The Morgan fingerprint density at radius 3 is 2.79 bits per heavy atom. The van der Waals surface area contributed by atoms with Gasteiger partial charge < -0.3 is 15.0 Å². The van der Waals surface area contributed by atoms with Crippen LogP contribution in [0.3, 0.4) is 0 Å². The number of nitrogens with one attached hydrogen (secondary N) is 2. The fourth-order valence-corrected chi connectivity index (χ4v) is 4.07. The number of aromatic nitrogens is 2. The maximum absolute atomic E-state index is 12.6. The Hall–Kier alpha value is -2.80. The first-order valence-corrected chi connectivity index (χ1v) is 10.4. The summed E-state index contributed by atoms with van der Waals surface area (Å²) in [7, 11) is 1.66. The van der Waals surface area contributed by atoms with E-state index in [2.05, 4.69) is 42.4 Å². The molecule has 1 fully saturated rings. The van der Waals surface area contributed by atoms with E-state index in [1.807, 2.05) is 48.5 Å². The molecule has 3 aromatic rings. The van der Waals surface area contributed by atoms with Crippen LogP contribution in [-0.4, -0.2) is 42.3 Å². The van der Waals surface area contributed by atoms with Crippen molar-refractivity contribution in [1.82, 2.24) is 15.5 Å². The number of ether oxygens (including phenoxy) is 1. The lowest BCUT2D eigenvalue weighted by Crippen LogP contribution is -2.48. The highest BCUT2D eigenvalue weighted by molar-refractivity contribution is 9.10. The first-order valence-electron chi connectivity index (χ1n) is 9.64. The highest BCUT2D eigenvalue weighted by Crippen LogP contribution is 2.26. The second-order valence-corrected chi connectivity index (χ2v) is 7.96. The van der Waals surface area contributed by atoms with Crippen LogP contribution in [0.5, 0.6) is 5.75 Å². The Balaban J connectivity index is 1.43. The third-order valence-electron chi connectivity index (χ3n) is 5.16. The molecule has 2 N–H and O–H groups in total. The highest BCUT2D eigenvalue weighted by Gasteiger charge is 2.24. The van der Waals surface area contributed by atoms with Crippen LogP contribution in [0.15, 0.2) is 59.1 Å². The molecule has 0 bridgehead atoms. The van der Waals surface area contributed by atoms with Gasteiger partial charge in [0.25, 0.3) is 5.91 Å². The summed E-state index contributed by atoms with van der Waals surface area (Å²) >= 11 is 3.45. The van der Waals surface area contributed by atoms with Gasteiger partial charge >= 0.3 is 0 Å². The van der Waals surface area contributed by atoms with E-state index in [0.29, 0.717) is 5.56 Å². The zero-order chi connectivity index (χ0) is 20.2. The topological polar surface area (TPSA) is 70.2 Å². The molecule has 1 saturated heterocycles. The number of aromatic amines is 1. The predicted octanol–water partition coefficient (Wildman–Crippen LogP) is 4.25. The minimum atomic E-state index is -0.0507. The Bertz CT molecular complexity index is 986. The van der Waals surface area contributed by atoms with Gasteiger partial charge in [0.05, 0.1) is 18.4 Å². The summed E-state index contributed by atoms with van der Waals surface area (Å²) in [4.78, 5) is 14.8. The Morgan fingerprint density at radius 2 is 2.03 bits per heavy atom. The van der Waals surface area contributed by atoms with Gasteiger partial charge in [0.15, 0.2) is 5.82 Å². The van der Waals surface area contributed by atoms with Gasteiger partial charge in [-0.05, 0) is 70.7 Å². The van der Waals surface area contributed by atoms with Gasteiger partial charge in [-0.3, -0.25) is 9.89 Å². The molecular weight excluding hydrogens is 432 g/mol. The van der Waals surface area contributed by atoms with E-state index in [4.69, 9.17) is 4.74 Å². The van der Waals surface area contributed by atoms with Crippen molar-refractivity contribution in [3.05, 3.63) is 64.6 Å². The van der Waals surface area contributed by atoms with Gasteiger partial charge in [-0.1, -0.05) is 12.1 Å². The van der Waals surface area contributed by atoms with Gasteiger partial charge in [-0.2, -0.15) is 5.10 Å². The van der Waals surface area contributed by atoms with Crippen LogP contribution in [0.2, 0.25) is 0 Å². The molecule has 0 unspecified atom stereocenters. The Morgan fingerprint density at radius 1 is 1.24 bits per heavy atom. The number of piperidine rings is 1. The molecule has 2 aromatic carbocycles. The minimum absolute atomic E-state index is 0.0507. The number of carbonyl (C=O) groups excluding carboxylic acids is 1. The molecule has 150 valence electrons. The number of nitrogens with zero attached hydrogens (tertiary/aromatic N) is 2. The van der Waals surface area contributed by atoms with E-state index < -0.39 is 0 Å². The third kappa shape index (κ3) is 4.45. The number of carbonyl (C=O) groups is 1. The molecule has 2 heterocycles. The predicted molar refractivity (Wildman–Crippen MR) is 117 cm³/mol. The number of hydrogen-bond donors (Lipinski definition) is 2. The average Bonchev–Trinajstić information content (AvgIpc) is 3.24. The summed E-state index contributed by atoms with van der Waals surface area (Å²) in [6.07, 6.45) is 1.97. The Labute approximate surface area is 178 Å². The summed E-state index contributed by atoms with van der Waals surface area (Å²) in [5.41, 5.74) is 2.67. The maximum atomic E-state index is 12.6. The van der Waals surface area contributed by atoms with Crippen molar-refractivity contribution in [2.45, 2.75) is 18.9 Å². The first kappa shape index (κ1) is 19.5. The van der Waals surface area contributed by atoms with Crippen molar-refractivity contribution >= 4 is 27.7 Å². The van der Waals surface area contributed by atoms with E-state index in [1.54, 1.807) is 7.11 Å². The molecule has 0 aliphatic carbocycles. The quantitative estimate of drug-likeness (QED) is 0.604. The number of hydrogen-bond acceptors (Lipinski definition) is 4. The molecule has 29 heavy (non-hydrogen) atoms. The van der Waals surface area contributed by atoms with Crippen molar-refractivity contribution in [1.29, 1.82) is 0 Å². The molecule has 6 nitrogen and oxygen atoms in total. The lowest BCUT2D eigenvalue weighted by Gasteiger charge is -2.33. The SMILES string of the molecule is COc1ccc(-c2cc(N3CCC[C@@H](NC(=O)c4ccccc4Br)C3)n[nH]2)cc1. The molecular formula is C22H23BrN4O2. The lowest BCUT2D eigenvalue weighted by molar-refractivity contribution is 0.0932.